The summed E-state index contributed by atoms with van der Waals surface area (Å²) in [5.41, 5.74) is 0.640. The number of hydrogen-bond donors (Lipinski definition) is 0. The molecule has 2 aromatic rings. The smallest absolute Gasteiger partial charge is 0.230 e. The molecular formula is C9H6Br2N2OS. The molecule has 0 atom stereocenters. The third-order valence-electron chi connectivity index (χ3n) is 1.93. The van der Waals surface area contributed by atoms with Gasteiger partial charge in [0.05, 0.1) is 13.1 Å². The predicted octanol–water partition coefficient (Wildman–Crippen LogP) is 3.24. The fraction of sp³-hybridized carbons (Fsp3) is 0.111. The van der Waals surface area contributed by atoms with Crippen LogP contribution in [0.5, 0.6) is 0 Å². The molecule has 15 heavy (non-hydrogen) atoms. The van der Waals surface area contributed by atoms with Gasteiger partial charge in [0.15, 0.2) is 5.82 Å². The molecular weight excluding hydrogens is 344 g/mol. The van der Waals surface area contributed by atoms with E-state index in [0.717, 1.165) is 7.57 Å². The van der Waals surface area contributed by atoms with Gasteiger partial charge in [0, 0.05) is 19.4 Å². The number of carbonyl (C=O) groups excluding carboxylic acids is 1. The van der Waals surface area contributed by atoms with Crippen LogP contribution in [-0.4, -0.2) is 15.3 Å². The van der Waals surface area contributed by atoms with E-state index in [-0.39, 0.29) is 5.78 Å². The van der Waals surface area contributed by atoms with Crippen LogP contribution in [0.15, 0.2) is 26.0 Å². The van der Waals surface area contributed by atoms with Gasteiger partial charge in [-0.1, -0.05) is 0 Å². The van der Waals surface area contributed by atoms with Crippen molar-refractivity contribution >= 4 is 49.0 Å². The van der Waals surface area contributed by atoms with Crippen LogP contribution in [-0.2, 0) is 7.05 Å². The molecule has 0 amide bonds. The molecule has 6 heteroatoms. The Morgan fingerprint density at radius 3 is 2.73 bits per heavy atom. The molecule has 0 bridgehead atoms. The molecule has 2 aromatic heterocycles. The van der Waals surface area contributed by atoms with Gasteiger partial charge >= 0.3 is 0 Å². The number of aryl methyl sites for hydroxylation is 1. The van der Waals surface area contributed by atoms with Crippen molar-refractivity contribution in [1.82, 2.24) is 9.55 Å². The summed E-state index contributed by atoms with van der Waals surface area (Å²) in [6.07, 6.45) is 3.37. The highest BCUT2D eigenvalue weighted by molar-refractivity contribution is 9.12. The molecule has 0 aromatic carbocycles. The normalized spacial score (nSPS) is 10.6. The maximum Gasteiger partial charge on any atom is 0.230 e. The van der Waals surface area contributed by atoms with E-state index in [2.05, 4.69) is 36.8 Å². The van der Waals surface area contributed by atoms with Crippen molar-refractivity contribution in [2.24, 2.45) is 7.05 Å². The fourth-order valence-electron chi connectivity index (χ4n) is 1.20. The Hall–Kier alpha value is -0.460. The number of imidazole rings is 1. The largest absolute Gasteiger partial charge is 0.331 e. The molecule has 3 nitrogen and oxygen atoms in total. The van der Waals surface area contributed by atoms with E-state index < -0.39 is 0 Å². The van der Waals surface area contributed by atoms with E-state index in [1.54, 1.807) is 30.1 Å². The number of thiophene rings is 1. The highest BCUT2D eigenvalue weighted by Crippen LogP contribution is 2.32. The second-order valence-electron chi connectivity index (χ2n) is 2.93. The molecule has 0 fully saturated rings. The number of carbonyl (C=O) groups is 1. The van der Waals surface area contributed by atoms with Gasteiger partial charge in [-0.05, 0) is 37.9 Å². The molecule has 0 aliphatic carbocycles. The first-order valence-electron chi connectivity index (χ1n) is 4.06. The summed E-state index contributed by atoms with van der Waals surface area (Å²) in [5.74, 6) is 0.373. The average molecular weight is 350 g/mol. The molecule has 0 saturated heterocycles. The topological polar surface area (TPSA) is 34.9 Å². The third kappa shape index (κ3) is 2.07. The van der Waals surface area contributed by atoms with Crippen LogP contribution < -0.4 is 0 Å². The van der Waals surface area contributed by atoms with Gasteiger partial charge in [-0.25, -0.2) is 4.98 Å². The summed E-state index contributed by atoms with van der Waals surface area (Å²) in [6.45, 7) is 0. The van der Waals surface area contributed by atoms with Gasteiger partial charge in [0.1, 0.15) is 0 Å². The van der Waals surface area contributed by atoms with Gasteiger partial charge in [0.2, 0.25) is 5.78 Å². The van der Waals surface area contributed by atoms with Crippen molar-refractivity contribution in [3.8, 4) is 0 Å². The lowest BCUT2D eigenvalue weighted by Crippen LogP contribution is -2.08. The Balaban J connectivity index is 2.45. The number of halogens is 2. The molecule has 2 heterocycles. The van der Waals surface area contributed by atoms with Gasteiger partial charge in [-0.3, -0.25) is 4.79 Å². The molecule has 78 valence electrons. The van der Waals surface area contributed by atoms with Crippen LogP contribution in [0.2, 0.25) is 0 Å². The zero-order valence-electron chi connectivity index (χ0n) is 7.70. The Morgan fingerprint density at radius 2 is 2.27 bits per heavy atom. The Kier molecular flexibility index (Phi) is 3.08. The molecule has 0 spiro atoms. The standard InChI is InChI=1S/C9H6Br2N2OS/c1-13-3-2-12-9(13)7(14)5-4-6(10)15-8(5)11/h2-4H,1H3. The van der Waals surface area contributed by atoms with E-state index in [1.807, 2.05) is 0 Å². The molecule has 0 unspecified atom stereocenters. The molecule has 0 saturated carbocycles. The van der Waals surface area contributed by atoms with Crippen LogP contribution in [0.3, 0.4) is 0 Å². The summed E-state index contributed by atoms with van der Waals surface area (Å²) in [6, 6.07) is 1.80. The minimum atomic E-state index is -0.0728. The highest BCUT2D eigenvalue weighted by atomic mass is 79.9. The van der Waals surface area contributed by atoms with Crippen molar-refractivity contribution in [3.05, 3.63) is 37.4 Å². The number of rotatable bonds is 2. The molecule has 0 N–H and O–H groups in total. The lowest BCUT2D eigenvalue weighted by atomic mass is 10.2. The first-order valence-corrected chi connectivity index (χ1v) is 6.46. The molecule has 0 aliphatic heterocycles. The molecule has 0 radical (unpaired) electrons. The predicted molar refractivity (Wildman–Crippen MR) is 66.4 cm³/mol. The quantitative estimate of drug-likeness (QED) is 0.780. The van der Waals surface area contributed by atoms with Crippen LogP contribution in [0.1, 0.15) is 16.2 Å². The first-order chi connectivity index (χ1) is 7.09. The summed E-state index contributed by atoms with van der Waals surface area (Å²) < 4.78 is 3.45. The SMILES string of the molecule is Cn1ccnc1C(=O)c1cc(Br)sc1Br. The van der Waals surface area contributed by atoms with E-state index >= 15 is 0 Å². The Morgan fingerprint density at radius 1 is 1.53 bits per heavy atom. The maximum absolute atomic E-state index is 12.0. The Bertz CT molecular complexity index is 518. The van der Waals surface area contributed by atoms with Crippen LogP contribution in [0.25, 0.3) is 0 Å². The minimum absolute atomic E-state index is 0.0728. The zero-order chi connectivity index (χ0) is 11.0. The van der Waals surface area contributed by atoms with Gasteiger partial charge in [0.25, 0.3) is 0 Å². The maximum atomic E-state index is 12.0. The number of aromatic nitrogens is 2. The lowest BCUT2D eigenvalue weighted by Gasteiger charge is -1.98. The van der Waals surface area contributed by atoms with Crippen LogP contribution >= 0.6 is 43.2 Å². The third-order valence-corrected chi connectivity index (χ3v) is 4.26. The molecule has 2 rings (SSSR count). The second-order valence-corrected chi connectivity index (χ2v) is 6.68. The van der Waals surface area contributed by atoms with Gasteiger partial charge < -0.3 is 4.57 Å². The zero-order valence-corrected chi connectivity index (χ0v) is 11.7. The highest BCUT2D eigenvalue weighted by Gasteiger charge is 2.18. The minimum Gasteiger partial charge on any atom is -0.331 e. The molecule has 0 aliphatic rings. The number of nitrogens with zero attached hydrogens (tertiary/aromatic N) is 2. The first kappa shape index (κ1) is 11.0. The van der Waals surface area contributed by atoms with Crippen molar-refractivity contribution < 1.29 is 4.79 Å². The number of hydrogen-bond acceptors (Lipinski definition) is 3. The summed E-state index contributed by atoms with van der Waals surface area (Å²) >= 11 is 8.18. The summed E-state index contributed by atoms with van der Waals surface area (Å²) in [5, 5.41) is 0. The van der Waals surface area contributed by atoms with E-state index in [0.29, 0.717) is 11.4 Å². The summed E-state index contributed by atoms with van der Waals surface area (Å²) in [4.78, 5) is 16.1. The van der Waals surface area contributed by atoms with Crippen molar-refractivity contribution in [3.63, 3.8) is 0 Å². The van der Waals surface area contributed by atoms with Crippen LogP contribution in [0.4, 0.5) is 0 Å². The monoisotopic (exact) mass is 348 g/mol. The number of ketones is 1. The second kappa shape index (κ2) is 4.19. The van der Waals surface area contributed by atoms with Crippen molar-refractivity contribution in [1.29, 1.82) is 0 Å². The van der Waals surface area contributed by atoms with E-state index in [4.69, 9.17) is 0 Å². The van der Waals surface area contributed by atoms with Gasteiger partial charge in [-0.15, -0.1) is 11.3 Å². The van der Waals surface area contributed by atoms with Crippen molar-refractivity contribution in [2.75, 3.05) is 0 Å². The van der Waals surface area contributed by atoms with Gasteiger partial charge in [-0.2, -0.15) is 0 Å². The van der Waals surface area contributed by atoms with E-state index in [1.165, 1.54) is 11.3 Å². The fourth-order valence-corrected chi connectivity index (χ4v) is 3.99. The van der Waals surface area contributed by atoms with Crippen molar-refractivity contribution in [2.45, 2.75) is 0 Å². The lowest BCUT2D eigenvalue weighted by molar-refractivity contribution is 0.102. The van der Waals surface area contributed by atoms with E-state index in [9.17, 15) is 4.79 Å². The average Bonchev–Trinajstić information content (AvgIpc) is 2.71. The van der Waals surface area contributed by atoms with Crippen LogP contribution in [0, 0.1) is 0 Å². The summed E-state index contributed by atoms with van der Waals surface area (Å²) in [7, 11) is 1.80. The Labute approximate surface area is 107 Å².